The van der Waals surface area contributed by atoms with Crippen molar-refractivity contribution in [2.75, 3.05) is 14.2 Å². The predicted molar refractivity (Wildman–Crippen MR) is 180 cm³/mol. The van der Waals surface area contributed by atoms with Crippen LogP contribution in [0.2, 0.25) is 0 Å². The van der Waals surface area contributed by atoms with Crippen molar-refractivity contribution >= 4 is 5.57 Å². The first kappa shape index (κ1) is 28.2. The molecule has 0 saturated heterocycles. The Morgan fingerprint density at radius 2 is 1.33 bits per heavy atom. The summed E-state index contributed by atoms with van der Waals surface area (Å²) in [4.78, 5) is 5.04. The molecule has 1 aliphatic rings. The first-order chi connectivity index (χ1) is 21.0. The van der Waals surface area contributed by atoms with Crippen LogP contribution in [0, 0.1) is 0 Å². The molecule has 0 amide bonds. The monoisotopic (exact) mass is 563 g/mol. The molecular formula is C40H37NO2. The number of benzene rings is 4. The summed E-state index contributed by atoms with van der Waals surface area (Å²) in [6.07, 6.45) is 11.0. The van der Waals surface area contributed by atoms with Crippen LogP contribution in [0.1, 0.15) is 43.7 Å². The molecule has 0 unspecified atom stereocenters. The molecule has 0 bridgehead atoms. The smallest absolute Gasteiger partial charge is 0.123 e. The zero-order valence-corrected chi connectivity index (χ0v) is 25.3. The highest BCUT2D eigenvalue weighted by molar-refractivity contribution is 5.93. The third kappa shape index (κ3) is 6.03. The third-order valence-electron chi connectivity index (χ3n) is 8.16. The Bertz CT molecular complexity index is 1790. The van der Waals surface area contributed by atoms with E-state index in [2.05, 4.69) is 123 Å². The van der Waals surface area contributed by atoms with Crippen LogP contribution in [-0.2, 0) is 0 Å². The Balaban J connectivity index is 1.52. The van der Waals surface area contributed by atoms with Crippen LogP contribution >= 0.6 is 0 Å². The summed E-state index contributed by atoms with van der Waals surface area (Å²) in [7, 11) is 3.37. The average Bonchev–Trinajstić information content (AvgIpc) is 3.08. The Kier molecular flexibility index (Phi) is 8.24. The Morgan fingerprint density at radius 1 is 0.605 bits per heavy atom. The van der Waals surface area contributed by atoms with E-state index in [-0.39, 0.29) is 0 Å². The molecule has 1 aliphatic carbocycles. The van der Waals surface area contributed by atoms with Gasteiger partial charge in [0.1, 0.15) is 11.5 Å². The van der Waals surface area contributed by atoms with Gasteiger partial charge in [-0.15, -0.1) is 0 Å². The van der Waals surface area contributed by atoms with Crippen molar-refractivity contribution in [3.8, 4) is 56.1 Å². The van der Waals surface area contributed by atoms with Gasteiger partial charge in [-0.05, 0) is 87.5 Å². The Morgan fingerprint density at radius 3 is 2.00 bits per heavy atom. The largest absolute Gasteiger partial charge is 0.497 e. The highest BCUT2D eigenvalue weighted by Gasteiger charge is 2.17. The maximum absolute atomic E-state index is 5.61. The molecule has 1 aromatic heterocycles. The quantitative estimate of drug-likeness (QED) is 0.188. The number of hydrogen-bond acceptors (Lipinski definition) is 3. The highest BCUT2D eigenvalue weighted by atomic mass is 16.5. The normalized spacial score (nSPS) is 12.7. The van der Waals surface area contributed by atoms with Gasteiger partial charge >= 0.3 is 0 Å². The van der Waals surface area contributed by atoms with Gasteiger partial charge in [0.2, 0.25) is 0 Å². The fraction of sp³-hybridized carbons (Fsp3) is 0.175. The SMILES string of the molecule is COc1cc(OC)cc(-c2ccccc2-c2cnc(-c3cccc(C(C)C)c3)cc2-c2ccc(C3=CCCC=C3)cc2)c1. The zero-order valence-electron chi connectivity index (χ0n) is 25.3. The molecule has 0 N–H and O–H groups in total. The second-order valence-electron chi connectivity index (χ2n) is 11.3. The number of nitrogens with zero attached hydrogens (tertiary/aromatic N) is 1. The lowest BCUT2D eigenvalue weighted by molar-refractivity contribution is 0.394. The standard InChI is InChI=1S/C40H37NO2/c1-27(2)31-13-10-14-32(21-31)40-25-38(30-19-17-29(18-20-30)28-11-6-5-7-12-28)39(26-41-40)37-16-9-8-15-36(37)33-22-34(42-3)24-35(23-33)43-4/h6,8-27H,5,7H2,1-4H3. The third-order valence-corrected chi connectivity index (χ3v) is 8.16. The van der Waals surface area contributed by atoms with Crippen molar-refractivity contribution in [1.29, 1.82) is 0 Å². The van der Waals surface area contributed by atoms with Gasteiger partial charge in [-0.1, -0.05) is 98.8 Å². The fourth-order valence-electron chi connectivity index (χ4n) is 5.73. The van der Waals surface area contributed by atoms with E-state index in [0.29, 0.717) is 5.92 Å². The Hall–Kier alpha value is -4.89. The molecule has 0 spiro atoms. The van der Waals surface area contributed by atoms with E-state index in [9.17, 15) is 0 Å². The molecular weight excluding hydrogens is 526 g/mol. The van der Waals surface area contributed by atoms with Gasteiger partial charge in [0.25, 0.3) is 0 Å². The number of ether oxygens (including phenoxy) is 2. The molecule has 214 valence electrons. The number of rotatable bonds is 8. The summed E-state index contributed by atoms with van der Waals surface area (Å²) in [6, 6.07) is 34.4. The van der Waals surface area contributed by atoms with Gasteiger partial charge in [-0.2, -0.15) is 0 Å². The van der Waals surface area contributed by atoms with Crippen LogP contribution in [0.5, 0.6) is 11.5 Å². The van der Waals surface area contributed by atoms with E-state index in [4.69, 9.17) is 14.5 Å². The maximum atomic E-state index is 5.61. The summed E-state index contributed by atoms with van der Waals surface area (Å²) >= 11 is 0. The predicted octanol–water partition coefficient (Wildman–Crippen LogP) is 10.6. The summed E-state index contributed by atoms with van der Waals surface area (Å²) in [6.45, 7) is 4.45. The topological polar surface area (TPSA) is 31.4 Å². The van der Waals surface area contributed by atoms with Gasteiger partial charge in [0.05, 0.1) is 19.9 Å². The van der Waals surface area contributed by atoms with Crippen molar-refractivity contribution < 1.29 is 9.47 Å². The van der Waals surface area contributed by atoms with Crippen LogP contribution in [0.15, 0.2) is 121 Å². The number of hydrogen-bond donors (Lipinski definition) is 0. The number of aromatic nitrogens is 1. The summed E-state index contributed by atoms with van der Waals surface area (Å²) in [5, 5.41) is 0. The lowest BCUT2D eigenvalue weighted by Crippen LogP contribution is -1.95. The number of pyridine rings is 1. The lowest BCUT2D eigenvalue weighted by Gasteiger charge is -2.17. The molecule has 6 rings (SSSR count). The van der Waals surface area contributed by atoms with E-state index in [0.717, 1.165) is 69.0 Å². The minimum Gasteiger partial charge on any atom is -0.497 e. The van der Waals surface area contributed by atoms with Crippen molar-refractivity contribution in [2.45, 2.75) is 32.6 Å². The van der Waals surface area contributed by atoms with Crippen LogP contribution in [0.3, 0.4) is 0 Å². The minimum absolute atomic E-state index is 0.445. The minimum atomic E-state index is 0.445. The average molecular weight is 564 g/mol. The van der Waals surface area contributed by atoms with Gasteiger partial charge < -0.3 is 9.47 Å². The zero-order chi connectivity index (χ0) is 29.8. The van der Waals surface area contributed by atoms with Crippen molar-refractivity contribution in [3.63, 3.8) is 0 Å². The number of methoxy groups -OCH3 is 2. The molecule has 0 fully saturated rings. The molecule has 5 aromatic rings. The first-order valence-corrected chi connectivity index (χ1v) is 14.9. The molecule has 43 heavy (non-hydrogen) atoms. The molecule has 4 aromatic carbocycles. The molecule has 0 radical (unpaired) electrons. The van der Waals surface area contributed by atoms with Gasteiger partial charge in [0.15, 0.2) is 0 Å². The van der Waals surface area contributed by atoms with Crippen molar-refractivity contribution in [1.82, 2.24) is 4.98 Å². The second-order valence-corrected chi connectivity index (χ2v) is 11.3. The summed E-state index contributed by atoms with van der Waals surface area (Å²) in [5.74, 6) is 1.95. The van der Waals surface area contributed by atoms with Crippen LogP contribution in [0.4, 0.5) is 0 Å². The molecule has 0 atom stereocenters. The van der Waals surface area contributed by atoms with Crippen LogP contribution in [-0.4, -0.2) is 19.2 Å². The van der Waals surface area contributed by atoms with E-state index in [1.165, 1.54) is 16.7 Å². The first-order valence-electron chi connectivity index (χ1n) is 14.9. The molecule has 0 aliphatic heterocycles. The van der Waals surface area contributed by atoms with E-state index in [1.807, 2.05) is 12.3 Å². The van der Waals surface area contributed by atoms with Crippen LogP contribution in [0.25, 0.3) is 50.2 Å². The Labute approximate surface area is 255 Å². The number of allylic oxidation sites excluding steroid dienone is 4. The van der Waals surface area contributed by atoms with Gasteiger partial charge in [0, 0.05) is 23.4 Å². The fourth-order valence-corrected chi connectivity index (χ4v) is 5.73. The van der Waals surface area contributed by atoms with Crippen molar-refractivity contribution in [2.24, 2.45) is 0 Å². The lowest BCUT2D eigenvalue weighted by atomic mass is 9.88. The van der Waals surface area contributed by atoms with Crippen LogP contribution < -0.4 is 9.47 Å². The molecule has 3 nitrogen and oxygen atoms in total. The van der Waals surface area contributed by atoms with E-state index >= 15 is 0 Å². The molecule has 0 saturated carbocycles. The maximum Gasteiger partial charge on any atom is 0.123 e. The van der Waals surface area contributed by atoms with E-state index in [1.54, 1.807) is 14.2 Å². The summed E-state index contributed by atoms with van der Waals surface area (Å²) in [5.41, 5.74) is 12.5. The molecule has 3 heteroatoms. The van der Waals surface area contributed by atoms with Gasteiger partial charge in [-0.3, -0.25) is 4.98 Å². The second kappa shape index (κ2) is 12.5. The van der Waals surface area contributed by atoms with Crippen molar-refractivity contribution in [3.05, 3.63) is 133 Å². The van der Waals surface area contributed by atoms with E-state index < -0.39 is 0 Å². The summed E-state index contributed by atoms with van der Waals surface area (Å²) < 4.78 is 11.2. The highest BCUT2D eigenvalue weighted by Crippen LogP contribution is 2.41. The van der Waals surface area contributed by atoms with Gasteiger partial charge in [-0.25, -0.2) is 0 Å². The molecule has 1 heterocycles.